The van der Waals surface area contributed by atoms with Crippen LogP contribution in [-0.2, 0) is 20.1 Å². The van der Waals surface area contributed by atoms with Crippen molar-refractivity contribution < 1.29 is 34.4 Å². The second kappa shape index (κ2) is 7.64. The Bertz CT molecular complexity index is 1150. The topological polar surface area (TPSA) is 113 Å². The molecule has 6 fully saturated rings. The fourth-order valence-corrected chi connectivity index (χ4v) is 9.13. The predicted octanol–water partition coefficient (Wildman–Crippen LogP) is 2.98. The molecule has 4 bridgehead atoms. The minimum atomic E-state index is -2.26. The average Bonchev–Trinajstić information content (AvgIpc) is 2.97. The van der Waals surface area contributed by atoms with Crippen molar-refractivity contribution in [2.24, 2.45) is 34.0 Å². The molecular formula is C28H33ClO7. The van der Waals surface area contributed by atoms with Crippen LogP contribution >= 0.6 is 11.6 Å². The van der Waals surface area contributed by atoms with Gasteiger partial charge in [-0.15, -0.1) is 11.6 Å². The molecule has 7 rings (SSSR count). The Hall–Kier alpha value is -1.77. The van der Waals surface area contributed by atoms with Crippen molar-refractivity contribution in [1.29, 1.82) is 0 Å². The number of carbonyl (C=O) groups is 2. The third kappa shape index (κ3) is 2.63. The zero-order valence-corrected chi connectivity index (χ0v) is 21.3. The third-order valence-electron chi connectivity index (χ3n) is 10.4. The van der Waals surface area contributed by atoms with Crippen molar-refractivity contribution >= 4 is 23.4 Å². The number of fused-ring (bicyclic) bond motifs is 2. The molecule has 1 aromatic carbocycles. The number of halogens is 1. The van der Waals surface area contributed by atoms with E-state index in [-0.39, 0.29) is 12.2 Å². The highest BCUT2D eigenvalue weighted by Crippen LogP contribution is 2.76. The van der Waals surface area contributed by atoms with Crippen LogP contribution in [0.5, 0.6) is 0 Å². The Morgan fingerprint density at radius 1 is 1.19 bits per heavy atom. The van der Waals surface area contributed by atoms with Crippen LogP contribution in [0.3, 0.4) is 0 Å². The monoisotopic (exact) mass is 516 g/mol. The molecule has 6 aliphatic rings. The van der Waals surface area contributed by atoms with Crippen molar-refractivity contribution in [3.63, 3.8) is 0 Å². The van der Waals surface area contributed by atoms with E-state index in [0.717, 1.165) is 5.56 Å². The lowest BCUT2D eigenvalue weighted by atomic mass is 9.35. The van der Waals surface area contributed by atoms with Gasteiger partial charge in [-0.1, -0.05) is 32.6 Å². The summed E-state index contributed by atoms with van der Waals surface area (Å²) in [5.41, 5.74) is -1.66. The number of esters is 1. The summed E-state index contributed by atoms with van der Waals surface area (Å²) in [5.74, 6) is -4.54. The molecule has 4 aliphatic carbocycles. The number of rotatable bonds is 3. The second-order valence-electron chi connectivity index (χ2n) is 12.2. The number of ether oxygens (including phenoxy) is 2. The van der Waals surface area contributed by atoms with E-state index in [1.54, 1.807) is 24.3 Å². The maximum atomic E-state index is 14.1. The van der Waals surface area contributed by atoms with Gasteiger partial charge in [0.1, 0.15) is 17.6 Å². The molecule has 3 N–H and O–H groups in total. The standard InChI is InChI=1S/C28H33ClO7/c1-14-17-8-9-18-26-13-35-28(34,22(32)20(26)25(2,3)11-10-19(26)30)27(18,21(14)31)23(17)36-24(33)16-6-4-15(12-29)5-7-16/h4-7,17-20,22-23,30,32,34H,1,8-13H2,2-3H3/t17-,18-,19-,20+,22-,23+,26+,27-,28+/m0/s1. The van der Waals surface area contributed by atoms with Crippen LogP contribution in [0.1, 0.15) is 55.5 Å². The molecule has 2 heterocycles. The maximum absolute atomic E-state index is 14.1. The van der Waals surface area contributed by atoms with E-state index in [9.17, 15) is 24.9 Å². The highest BCUT2D eigenvalue weighted by Gasteiger charge is 2.87. The smallest absolute Gasteiger partial charge is 0.338 e. The van der Waals surface area contributed by atoms with Crippen LogP contribution in [0.2, 0.25) is 0 Å². The minimum Gasteiger partial charge on any atom is -0.457 e. The Labute approximate surface area is 215 Å². The summed E-state index contributed by atoms with van der Waals surface area (Å²) < 4.78 is 12.1. The number of hydrogen-bond acceptors (Lipinski definition) is 7. The van der Waals surface area contributed by atoms with Crippen molar-refractivity contribution in [2.45, 2.75) is 69.5 Å². The van der Waals surface area contributed by atoms with Gasteiger partial charge in [0.15, 0.2) is 5.78 Å². The van der Waals surface area contributed by atoms with Gasteiger partial charge in [-0.3, -0.25) is 4.79 Å². The van der Waals surface area contributed by atoms with Gasteiger partial charge < -0.3 is 24.8 Å². The Kier molecular flexibility index (Phi) is 5.21. The fraction of sp³-hybridized carbons (Fsp3) is 0.643. The number of carbonyl (C=O) groups excluding carboxylic acids is 2. The number of benzene rings is 1. The number of hydrogen-bond donors (Lipinski definition) is 3. The molecular weight excluding hydrogens is 484 g/mol. The molecule has 0 radical (unpaired) electrons. The predicted molar refractivity (Wildman–Crippen MR) is 130 cm³/mol. The van der Waals surface area contributed by atoms with Crippen molar-refractivity contribution in [3.05, 3.63) is 47.5 Å². The van der Waals surface area contributed by atoms with E-state index in [1.807, 2.05) is 13.8 Å². The van der Waals surface area contributed by atoms with Gasteiger partial charge in [-0.05, 0) is 60.3 Å². The van der Waals surface area contributed by atoms with Crippen LogP contribution in [0.25, 0.3) is 0 Å². The lowest BCUT2D eigenvalue weighted by Crippen LogP contribution is -2.85. The van der Waals surface area contributed by atoms with Crippen LogP contribution in [0.15, 0.2) is 36.4 Å². The van der Waals surface area contributed by atoms with Crippen molar-refractivity contribution in [2.75, 3.05) is 6.61 Å². The summed E-state index contributed by atoms with van der Waals surface area (Å²) >= 11 is 5.87. The molecule has 36 heavy (non-hydrogen) atoms. The Morgan fingerprint density at radius 3 is 2.56 bits per heavy atom. The SMILES string of the molecule is C=C1C(=O)[C@]23[C@H](OC(=O)c4ccc(CCl)cc4)[C@H]1CC[C@H]2[C@@]12CO[C@]3(O)[C@@H](O)[C@@H]1C(C)(C)CC[C@@H]2O. The van der Waals surface area contributed by atoms with Crippen LogP contribution in [0, 0.1) is 34.0 Å². The van der Waals surface area contributed by atoms with Crippen LogP contribution in [0.4, 0.5) is 0 Å². The molecule has 9 atom stereocenters. The summed E-state index contributed by atoms with van der Waals surface area (Å²) in [5, 5.41) is 35.5. The van der Waals surface area contributed by atoms with E-state index < -0.39 is 69.9 Å². The van der Waals surface area contributed by atoms with Crippen LogP contribution < -0.4 is 0 Å². The molecule has 1 aromatic rings. The first-order valence-electron chi connectivity index (χ1n) is 12.8. The van der Waals surface area contributed by atoms with Crippen LogP contribution in [-0.4, -0.2) is 57.8 Å². The molecule has 0 aromatic heterocycles. The number of alkyl halides is 1. The van der Waals surface area contributed by atoms with E-state index in [2.05, 4.69) is 6.58 Å². The lowest BCUT2D eigenvalue weighted by molar-refractivity contribution is -0.457. The summed E-state index contributed by atoms with van der Waals surface area (Å²) in [6.07, 6.45) is -1.08. The van der Waals surface area contributed by atoms with E-state index in [4.69, 9.17) is 21.1 Å². The van der Waals surface area contributed by atoms with Crippen molar-refractivity contribution in [3.8, 4) is 0 Å². The maximum Gasteiger partial charge on any atom is 0.338 e. The Balaban J connectivity index is 1.50. The Morgan fingerprint density at radius 2 is 1.89 bits per heavy atom. The van der Waals surface area contributed by atoms with Gasteiger partial charge in [0.25, 0.3) is 0 Å². The number of aliphatic hydroxyl groups excluding tert-OH is 2. The van der Waals surface area contributed by atoms with Gasteiger partial charge in [0.2, 0.25) is 5.79 Å². The molecule has 0 amide bonds. The van der Waals surface area contributed by atoms with E-state index in [0.29, 0.717) is 37.1 Å². The minimum absolute atomic E-state index is 0.0349. The molecule has 0 unspecified atom stereocenters. The van der Waals surface area contributed by atoms with Gasteiger partial charge in [-0.25, -0.2) is 4.79 Å². The zero-order valence-electron chi connectivity index (χ0n) is 20.6. The summed E-state index contributed by atoms with van der Waals surface area (Å²) in [4.78, 5) is 27.4. The van der Waals surface area contributed by atoms with Crippen molar-refractivity contribution in [1.82, 2.24) is 0 Å². The summed E-state index contributed by atoms with van der Waals surface area (Å²) in [6, 6.07) is 6.70. The van der Waals surface area contributed by atoms with E-state index in [1.165, 1.54) is 0 Å². The summed E-state index contributed by atoms with van der Waals surface area (Å²) in [7, 11) is 0. The number of ketones is 1. The van der Waals surface area contributed by atoms with E-state index >= 15 is 0 Å². The molecule has 4 saturated carbocycles. The highest BCUT2D eigenvalue weighted by atomic mass is 35.5. The lowest BCUT2D eigenvalue weighted by Gasteiger charge is -2.74. The largest absolute Gasteiger partial charge is 0.457 e. The molecule has 2 aliphatic heterocycles. The quantitative estimate of drug-likeness (QED) is 0.321. The first kappa shape index (κ1) is 24.6. The highest BCUT2D eigenvalue weighted by molar-refractivity contribution is 6.17. The fourth-order valence-electron chi connectivity index (χ4n) is 8.95. The molecule has 7 nitrogen and oxygen atoms in total. The first-order valence-corrected chi connectivity index (χ1v) is 13.3. The summed E-state index contributed by atoms with van der Waals surface area (Å²) in [6.45, 7) is 8.15. The van der Waals surface area contributed by atoms with Gasteiger partial charge in [-0.2, -0.15) is 0 Å². The van der Waals surface area contributed by atoms with Gasteiger partial charge in [0.05, 0.1) is 18.3 Å². The van der Waals surface area contributed by atoms with Gasteiger partial charge >= 0.3 is 5.97 Å². The number of aliphatic hydroxyl groups is 3. The molecule has 194 valence electrons. The second-order valence-corrected chi connectivity index (χ2v) is 12.4. The number of Topliss-reactive ketones (excluding diaryl/α,β-unsaturated/α-hetero) is 1. The first-order chi connectivity index (χ1) is 17.0. The average molecular weight is 517 g/mol. The molecule has 8 heteroatoms. The normalized spacial score (nSPS) is 46.3. The molecule has 2 spiro atoms. The molecule has 2 saturated heterocycles. The van der Waals surface area contributed by atoms with Gasteiger partial charge in [0, 0.05) is 23.1 Å². The zero-order chi connectivity index (χ0) is 25.8. The third-order valence-corrected chi connectivity index (χ3v) is 10.7.